The first-order valence-electron chi connectivity index (χ1n) is 14.6. The summed E-state index contributed by atoms with van der Waals surface area (Å²) < 4.78 is 5.42. The molecule has 0 N–H and O–H groups in total. The van der Waals surface area contributed by atoms with Crippen LogP contribution in [-0.2, 0) is 0 Å². The standard InChI is InChI=1S/C33H35N5O3S/c1-24-29(30(35-41-24)26-12-6-3-7-13-26)33(40)37-17-14-27(15-18-37)31-34-28(23-42-31)32(39)38-21-19-36(20-22-38)16-8-11-25-9-4-2-5-10-25/h2-13,23,27H,14-22H2,1H3. The van der Waals surface area contributed by atoms with Crippen molar-refractivity contribution in [3.05, 3.63) is 99.7 Å². The SMILES string of the molecule is Cc1onc(-c2ccccc2)c1C(=O)N1CCC(c2nc(C(=O)N3CCN(CC=Cc4ccccc4)CC3)cs2)CC1. The van der Waals surface area contributed by atoms with Crippen LogP contribution in [0.15, 0.2) is 76.6 Å². The zero-order valence-electron chi connectivity index (χ0n) is 23.8. The van der Waals surface area contributed by atoms with E-state index in [9.17, 15) is 9.59 Å². The Balaban J connectivity index is 1.00. The maximum atomic E-state index is 13.5. The molecule has 2 aromatic carbocycles. The Morgan fingerprint density at radius 2 is 1.57 bits per heavy atom. The Labute approximate surface area is 250 Å². The number of aryl methyl sites for hydroxylation is 1. The van der Waals surface area contributed by atoms with E-state index in [0.717, 1.165) is 43.0 Å². The molecule has 2 aromatic heterocycles. The molecule has 0 spiro atoms. The summed E-state index contributed by atoms with van der Waals surface area (Å²) in [4.78, 5) is 37.7. The highest BCUT2D eigenvalue weighted by Gasteiger charge is 2.31. The van der Waals surface area contributed by atoms with Crippen LogP contribution in [-0.4, -0.2) is 82.5 Å². The molecule has 0 saturated carbocycles. The number of carbonyl (C=O) groups is 2. The van der Waals surface area contributed by atoms with E-state index in [-0.39, 0.29) is 17.7 Å². The van der Waals surface area contributed by atoms with E-state index in [1.165, 1.54) is 5.56 Å². The van der Waals surface area contributed by atoms with Crippen molar-refractivity contribution in [1.29, 1.82) is 0 Å². The fraction of sp³-hybridized carbons (Fsp3) is 0.333. The topological polar surface area (TPSA) is 82.8 Å². The number of piperazine rings is 1. The summed E-state index contributed by atoms with van der Waals surface area (Å²) in [5, 5.41) is 7.07. The Bertz CT molecular complexity index is 1530. The third-order valence-electron chi connectivity index (χ3n) is 8.13. The maximum absolute atomic E-state index is 13.5. The van der Waals surface area contributed by atoms with Gasteiger partial charge in [0.2, 0.25) is 0 Å². The minimum atomic E-state index is -0.0456. The molecule has 0 unspecified atom stereocenters. The van der Waals surface area contributed by atoms with E-state index < -0.39 is 0 Å². The number of amides is 2. The van der Waals surface area contributed by atoms with Gasteiger partial charge >= 0.3 is 0 Å². The van der Waals surface area contributed by atoms with Gasteiger partial charge in [-0.15, -0.1) is 11.3 Å². The van der Waals surface area contributed by atoms with E-state index >= 15 is 0 Å². The highest BCUT2D eigenvalue weighted by molar-refractivity contribution is 7.09. The molecule has 0 bridgehead atoms. The van der Waals surface area contributed by atoms with E-state index in [1.807, 2.05) is 63.7 Å². The highest BCUT2D eigenvalue weighted by atomic mass is 32.1. The van der Waals surface area contributed by atoms with Crippen LogP contribution in [0.1, 0.15) is 55.9 Å². The van der Waals surface area contributed by atoms with E-state index in [0.29, 0.717) is 48.9 Å². The summed E-state index contributed by atoms with van der Waals surface area (Å²) in [6.07, 6.45) is 5.96. The summed E-state index contributed by atoms with van der Waals surface area (Å²) >= 11 is 1.56. The average Bonchev–Trinajstić information content (AvgIpc) is 3.69. The van der Waals surface area contributed by atoms with Crippen LogP contribution in [0.25, 0.3) is 17.3 Å². The molecule has 0 atom stereocenters. The molecule has 4 heterocycles. The number of hydrogen-bond donors (Lipinski definition) is 0. The fourth-order valence-electron chi connectivity index (χ4n) is 5.68. The molecule has 216 valence electrons. The van der Waals surface area contributed by atoms with Gasteiger partial charge in [-0.2, -0.15) is 0 Å². The van der Waals surface area contributed by atoms with Crippen molar-refractivity contribution < 1.29 is 14.1 Å². The number of thiazole rings is 1. The van der Waals surface area contributed by atoms with Crippen LogP contribution in [0.4, 0.5) is 0 Å². The second kappa shape index (κ2) is 12.8. The largest absolute Gasteiger partial charge is 0.360 e. The lowest BCUT2D eigenvalue weighted by atomic mass is 9.96. The number of hydrogen-bond acceptors (Lipinski definition) is 7. The van der Waals surface area contributed by atoms with Gasteiger partial charge in [0.05, 0.1) is 5.01 Å². The summed E-state index contributed by atoms with van der Waals surface area (Å²) in [5.41, 5.74) is 3.74. The van der Waals surface area contributed by atoms with Crippen LogP contribution in [0.2, 0.25) is 0 Å². The molecule has 0 radical (unpaired) electrons. The molecule has 2 saturated heterocycles. The van der Waals surface area contributed by atoms with Gasteiger partial charge in [-0.05, 0) is 25.3 Å². The van der Waals surface area contributed by atoms with Crippen molar-refractivity contribution in [1.82, 2.24) is 24.8 Å². The van der Waals surface area contributed by atoms with E-state index in [2.05, 4.69) is 34.3 Å². The Morgan fingerprint density at radius 1 is 0.905 bits per heavy atom. The molecule has 2 amide bonds. The molecule has 8 nitrogen and oxygen atoms in total. The number of benzene rings is 2. The summed E-state index contributed by atoms with van der Waals surface area (Å²) in [6.45, 7) is 7.05. The van der Waals surface area contributed by atoms with Crippen LogP contribution in [0.5, 0.6) is 0 Å². The van der Waals surface area contributed by atoms with Crippen molar-refractivity contribution in [2.24, 2.45) is 0 Å². The van der Waals surface area contributed by atoms with Gasteiger partial charge in [-0.25, -0.2) is 4.98 Å². The molecule has 2 fully saturated rings. The van der Waals surface area contributed by atoms with Gasteiger partial charge in [-0.3, -0.25) is 14.5 Å². The first kappa shape index (κ1) is 28.1. The number of nitrogens with zero attached hydrogens (tertiary/aromatic N) is 5. The predicted molar refractivity (Wildman–Crippen MR) is 164 cm³/mol. The molecule has 6 rings (SSSR count). The van der Waals surface area contributed by atoms with Crippen LogP contribution in [0, 0.1) is 6.92 Å². The summed E-state index contributed by atoms with van der Waals surface area (Å²) in [6, 6.07) is 20.0. The monoisotopic (exact) mass is 581 g/mol. The zero-order valence-corrected chi connectivity index (χ0v) is 24.6. The molecule has 9 heteroatoms. The first-order chi connectivity index (χ1) is 20.6. The quantitative estimate of drug-likeness (QED) is 0.283. The number of aromatic nitrogens is 2. The van der Waals surface area contributed by atoms with Crippen molar-refractivity contribution in [2.45, 2.75) is 25.7 Å². The molecule has 2 aliphatic heterocycles. The van der Waals surface area contributed by atoms with Crippen molar-refractivity contribution in [2.75, 3.05) is 45.8 Å². The zero-order chi connectivity index (χ0) is 28.9. The Hall–Kier alpha value is -4.08. The van der Waals surface area contributed by atoms with E-state index in [1.54, 1.807) is 18.3 Å². The number of likely N-dealkylation sites (tertiary alicyclic amines) is 1. The number of piperidine rings is 1. The minimum Gasteiger partial charge on any atom is -0.360 e. The van der Waals surface area contributed by atoms with Gasteiger partial charge in [0, 0.05) is 62.7 Å². The van der Waals surface area contributed by atoms with Crippen molar-refractivity contribution in [3.63, 3.8) is 0 Å². The maximum Gasteiger partial charge on any atom is 0.273 e. The Morgan fingerprint density at radius 3 is 2.29 bits per heavy atom. The second-order valence-corrected chi connectivity index (χ2v) is 11.8. The molecule has 42 heavy (non-hydrogen) atoms. The predicted octanol–water partition coefficient (Wildman–Crippen LogP) is 5.60. The highest BCUT2D eigenvalue weighted by Crippen LogP contribution is 2.33. The van der Waals surface area contributed by atoms with Gasteiger partial charge < -0.3 is 14.3 Å². The lowest BCUT2D eigenvalue weighted by Gasteiger charge is -2.33. The molecule has 4 aromatic rings. The molecular formula is C33H35N5O3S. The minimum absolute atomic E-state index is 0.0148. The van der Waals surface area contributed by atoms with Gasteiger partial charge in [0.1, 0.15) is 22.7 Å². The van der Waals surface area contributed by atoms with Gasteiger partial charge in [0.15, 0.2) is 0 Å². The summed E-state index contributed by atoms with van der Waals surface area (Å²) in [7, 11) is 0. The average molecular weight is 582 g/mol. The number of rotatable bonds is 7. The van der Waals surface area contributed by atoms with Crippen molar-refractivity contribution in [3.8, 4) is 11.3 Å². The number of carbonyl (C=O) groups excluding carboxylic acids is 2. The molecule has 0 aliphatic carbocycles. The lowest BCUT2D eigenvalue weighted by Crippen LogP contribution is -2.48. The lowest BCUT2D eigenvalue weighted by molar-refractivity contribution is 0.0645. The third kappa shape index (κ3) is 6.22. The second-order valence-electron chi connectivity index (χ2n) is 10.9. The van der Waals surface area contributed by atoms with Crippen LogP contribution < -0.4 is 0 Å². The first-order valence-corrected chi connectivity index (χ1v) is 15.4. The Kier molecular flexibility index (Phi) is 8.58. The third-order valence-corrected chi connectivity index (χ3v) is 9.14. The van der Waals surface area contributed by atoms with Crippen LogP contribution >= 0.6 is 11.3 Å². The van der Waals surface area contributed by atoms with Gasteiger partial charge in [0.25, 0.3) is 11.8 Å². The molecule has 2 aliphatic rings. The fourth-order valence-corrected chi connectivity index (χ4v) is 6.64. The van der Waals surface area contributed by atoms with E-state index in [4.69, 9.17) is 9.51 Å². The smallest absolute Gasteiger partial charge is 0.273 e. The molecular weight excluding hydrogens is 546 g/mol. The van der Waals surface area contributed by atoms with Crippen LogP contribution in [0.3, 0.4) is 0 Å². The summed E-state index contributed by atoms with van der Waals surface area (Å²) in [5.74, 6) is 0.747. The van der Waals surface area contributed by atoms with Crippen molar-refractivity contribution >= 4 is 29.2 Å². The normalized spacial score (nSPS) is 16.8. The van der Waals surface area contributed by atoms with Gasteiger partial charge in [-0.1, -0.05) is 78.0 Å².